The molecule has 0 N–H and O–H groups in total. The second kappa shape index (κ2) is 4.63. The lowest BCUT2D eigenvalue weighted by Crippen LogP contribution is -2.10. The highest BCUT2D eigenvalue weighted by Crippen LogP contribution is 2.32. The maximum absolute atomic E-state index is 2.40. The van der Waals surface area contributed by atoms with Gasteiger partial charge in [0.25, 0.3) is 0 Å². The molecule has 0 amide bonds. The van der Waals surface area contributed by atoms with Crippen molar-refractivity contribution in [3.05, 3.63) is 35.5 Å². The van der Waals surface area contributed by atoms with Crippen molar-refractivity contribution in [2.24, 2.45) is 5.41 Å². The quantitative estimate of drug-likeness (QED) is 0.608. The van der Waals surface area contributed by atoms with Crippen LogP contribution in [0.15, 0.2) is 35.5 Å². The van der Waals surface area contributed by atoms with Gasteiger partial charge in [-0.2, -0.15) is 0 Å². The van der Waals surface area contributed by atoms with E-state index in [9.17, 15) is 0 Å². The van der Waals surface area contributed by atoms with Crippen molar-refractivity contribution in [2.45, 2.75) is 47.0 Å². The van der Waals surface area contributed by atoms with Gasteiger partial charge in [0, 0.05) is 5.41 Å². The van der Waals surface area contributed by atoms with E-state index in [0.29, 0.717) is 0 Å². The molecule has 0 fully saturated rings. The molecule has 0 aromatic rings. The van der Waals surface area contributed by atoms with Crippen molar-refractivity contribution in [1.29, 1.82) is 0 Å². The Balaban J connectivity index is 2.85. The monoisotopic (exact) mass is 190 g/mol. The zero-order valence-corrected chi connectivity index (χ0v) is 9.93. The summed E-state index contributed by atoms with van der Waals surface area (Å²) in [7, 11) is 0. The molecule has 0 spiro atoms. The van der Waals surface area contributed by atoms with E-state index in [1.54, 1.807) is 0 Å². The van der Waals surface area contributed by atoms with Crippen LogP contribution in [0.25, 0.3) is 0 Å². The van der Waals surface area contributed by atoms with Crippen LogP contribution in [0.2, 0.25) is 0 Å². The summed E-state index contributed by atoms with van der Waals surface area (Å²) in [6.45, 7) is 8.97. The summed E-state index contributed by atoms with van der Waals surface area (Å²) in [5, 5.41) is 0. The fourth-order valence-electron chi connectivity index (χ4n) is 2.14. The predicted octanol–water partition coefficient (Wildman–Crippen LogP) is 4.65. The largest absolute Gasteiger partial charge is 0.0719 e. The van der Waals surface area contributed by atoms with E-state index < -0.39 is 0 Å². The smallest absolute Gasteiger partial charge is 0.00441 e. The van der Waals surface area contributed by atoms with E-state index in [1.807, 2.05) is 0 Å². The first-order chi connectivity index (χ1) is 6.56. The second-order valence-electron chi connectivity index (χ2n) is 4.72. The maximum Gasteiger partial charge on any atom is 0.00441 e. The van der Waals surface area contributed by atoms with Gasteiger partial charge in [0.1, 0.15) is 0 Å². The first-order valence-electron chi connectivity index (χ1n) is 5.63. The molecule has 14 heavy (non-hydrogen) atoms. The molecule has 0 unspecified atom stereocenters. The molecule has 1 aliphatic carbocycles. The van der Waals surface area contributed by atoms with Crippen molar-refractivity contribution in [2.75, 3.05) is 0 Å². The standard InChI is InChI=1S/C14H22/c1-5-6-9-14(4)10-12(2)7-8-13(3)11-14/h7-8,10-11H,5-6,9H2,1-4H3. The summed E-state index contributed by atoms with van der Waals surface area (Å²) in [6, 6.07) is 0. The Morgan fingerprint density at radius 3 is 2.00 bits per heavy atom. The highest BCUT2D eigenvalue weighted by atomic mass is 14.2. The van der Waals surface area contributed by atoms with Gasteiger partial charge in [-0.05, 0) is 20.3 Å². The first-order valence-corrected chi connectivity index (χ1v) is 5.63. The average molecular weight is 190 g/mol. The molecule has 0 heteroatoms. The fraction of sp³-hybridized carbons (Fsp3) is 0.571. The number of rotatable bonds is 3. The van der Waals surface area contributed by atoms with Gasteiger partial charge in [-0.3, -0.25) is 0 Å². The van der Waals surface area contributed by atoms with Crippen LogP contribution in [0.1, 0.15) is 47.0 Å². The van der Waals surface area contributed by atoms with Crippen LogP contribution in [-0.4, -0.2) is 0 Å². The Labute approximate surface area is 88.4 Å². The Bertz CT molecular complexity index is 254. The third kappa shape index (κ3) is 3.17. The van der Waals surface area contributed by atoms with Crippen LogP contribution in [0, 0.1) is 5.41 Å². The SMILES string of the molecule is CCCCC1(C)C=C(C)C=CC(C)=C1. The number of hydrogen-bond donors (Lipinski definition) is 0. The van der Waals surface area contributed by atoms with Crippen molar-refractivity contribution < 1.29 is 0 Å². The Morgan fingerprint density at radius 2 is 1.57 bits per heavy atom. The van der Waals surface area contributed by atoms with Crippen LogP contribution in [0.3, 0.4) is 0 Å². The van der Waals surface area contributed by atoms with Gasteiger partial charge in [-0.25, -0.2) is 0 Å². The van der Waals surface area contributed by atoms with Gasteiger partial charge in [0.05, 0.1) is 0 Å². The summed E-state index contributed by atoms with van der Waals surface area (Å²) in [6.07, 6.45) is 13.1. The number of unbranched alkanes of at least 4 members (excludes halogenated alkanes) is 1. The number of hydrogen-bond acceptors (Lipinski definition) is 0. The van der Waals surface area contributed by atoms with Crippen molar-refractivity contribution in [3.63, 3.8) is 0 Å². The van der Waals surface area contributed by atoms with Crippen LogP contribution < -0.4 is 0 Å². The van der Waals surface area contributed by atoms with Crippen molar-refractivity contribution >= 4 is 0 Å². The zero-order chi connectivity index (χ0) is 10.6. The van der Waals surface area contributed by atoms with Crippen LogP contribution in [0.4, 0.5) is 0 Å². The first kappa shape index (κ1) is 11.3. The maximum atomic E-state index is 2.40. The molecule has 0 aliphatic heterocycles. The van der Waals surface area contributed by atoms with Gasteiger partial charge < -0.3 is 0 Å². The lowest BCUT2D eigenvalue weighted by molar-refractivity contribution is 0.471. The highest BCUT2D eigenvalue weighted by molar-refractivity contribution is 5.34. The Kier molecular flexibility index (Phi) is 3.74. The van der Waals surface area contributed by atoms with E-state index in [0.717, 1.165) is 0 Å². The topological polar surface area (TPSA) is 0 Å². The van der Waals surface area contributed by atoms with E-state index in [4.69, 9.17) is 0 Å². The molecule has 0 aromatic carbocycles. The van der Waals surface area contributed by atoms with Crippen molar-refractivity contribution in [3.8, 4) is 0 Å². The third-order valence-electron chi connectivity index (χ3n) is 2.79. The third-order valence-corrected chi connectivity index (χ3v) is 2.79. The molecule has 0 saturated heterocycles. The van der Waals surface area contributed by atoms with Gasteiger partial charge in [-0.1, -0.05) is 62.1 Å². The molecule has 78 valence electrons. The average Bonchev–Trinajstić information content (AvgIpc) is 2.23. The summed E-state index contributed by atoms with van der Waals surface area (Å²) < 4.78 is 0. The molecule has 0 aromatic heterocycles. The van der Waals surface area contributed by atoms with Crippen LogP contribution in [0.5, 0.6) is 0 Å². The lowest BCUT2D eigenvalue weighted by Gasteiger charge is -2.22. The fourth-order valence-corrected chi connectivity index (χ4v) is 2.14. The molecule has 0 nitrogen and oxygen atoms in total. The van der Waals surface area contributed by atoms with E-state index in [-0.39, 0.29) is 5.41 Å². The van der Waals surface area contributed by atoms with E-state index in [2.05, 4.69) is 52.0 Å². The van der Waals surface area contributed by atoms with E-state index in [1.165, 1.54) is 30.4 Å². The summed E-state index contributed by atoms with van der Waals surface area (Å²) in [5.41, 5.74) is 3.04. The van der Waals surface area contributed by atoms with Crippen molar-refractivity contribution in [1.82, 2.24) is 0 Å². The lowest BCUT2D eigenvalue weighted by atomic mass is 9.82. The molecule has 0 radical (unpaired) electrons. The summed E-state index contributed by atoms with van der Waals surface area (Å²) in [5.74, 6) is 0. The molecular weight excluding hydrogens is 168 g/mol. The molecule has 0 heterocycles. The van der Waals surface area contributed by atoms with Crippen LogP contribution >= 0.6 is 0 Å². The molecule has 1 rings (SSSR count). The van der Waals surface area contributed by atoms with Crippen LogP contribution in [-0.2, 0) is 0 Å². The minimum Gasteiger partial charge on any atom is -0.0719 e. The molecule has 0 saturated carbocycles. The molecule has 0 bridgehead atoms. The second-order valence-corrected chi connectivity index (χ2v) is 4.72. The van der Waals surface area contributed by atoms with Gasteiger partial charge in [0.15, 0.2) is 0 Å². The molecule has 0 atom stereocenters. The number of allylic oxidation sites excluding steroid dienone is 6. The van der Waals surface area contributed by atoms with Gasteiger partial charge in [0.2, 0.25) is 0 Å². The summed E-state index contributed by atoms with van der Waals surface area (Å²) >= 11 is 0. The minimum atomic E-state index is 0.272. The van der Waals surface area contributed by atoms with Gasteiger partial charge in [-0.15, -0.1) is 0 Å². The summed E-state index contributed by atoms with van der Waals surface area (Å²) in [4.78, 5) is 0. The minimum absolute atomic E-state index is 0.272. The van der Waals surface area contributed by atoms with Gasteiger partial charge >= 0.3 is 0 Å². The highest BCUT2D eigenvalue weighted by Gasteiger charge is 2.18. The Morgan fingerprint density at radius 1 is 1.07 bits per heavy atom. The molecule has 1 aliphatic rings. The van der Waals surface area contributed by atoms with E-state index >= 15 is 0 Å². The normalized spacial score (nSPS) is 20.0. The molecular formula is C14H22. The zero-order valence-electron chi connectivity index (χ0n) is 9.93. The Hall–Kier alpha value is -0.780. The predicted molar refractivity (Wildman–Crippen MR) is 64.3 cm³/mol.